The van der Waals surface area contributed by atoms with Crippen LogP contribution in [0.2, 0.25) is 4.47 Å². The summed E-state index contributed by atoms with van der Waals surface area (Å²) in [4.78, 5) is 1.15. The Balaban J connectivity index is 2.50. The van der Waals surface area contributed by atoms with Crippen molar-refractivity contribution >= 4 is 56.9 Å². The highest BCUT2D eigenvalue weighted by atomic mass is 127. The third kappa shape index (κ3) is 1.63. The van der Waals surface area contributed by atoms with Crippen molar-refractivity contribution in [1.29, 1.82) is 0 Å². The SMILES string of the molecule is Clc1nnc(-c2sccc2I)s1. The average molecular weight is 329 g/mol. The first-order valence-electron chi connectivity index (χ1n) is 3.00. The quantitative estimate of drug-likeness (QED) is 0.749. The fourth-order valence-corrected chi connectivity index (χ4v) is 3.70. The summed E-state index contributed by atoms with van der Waals surface area (Å²) >= 11 is 11.0. The highest BCUT2D eigenvalue weighted by Crippen LogP contribution is 2.33. The predicted octanol–water partition coefficient (Wildman–Crippen LogP) is 3.52. The second-order valence-corrected chi connectivity index (χ2v) is 5.60. The van der Waals surface area contributed by atoms with E-state index in [1.54, 1.807) is 11.3 Å². The van der Waals surface area contributed by atoms with Crippen molar-refractivity contribution in [2.75, 3.05) is 0 Å². The van der Waals surface area contributed by atoms with Gasteiger partial charge in [0.1, 0.15) is 0 Å². The van der Waals surface area contributed by atoms with Crippen molar-refractivity contribution in [3.05, 3.63) is 19.5 Å². The summed E-state index contributed by atoms with van der Waals surface area (Å²) in [5.41, 5.74) is 0. The van der Waals surface area contributed by atoms with Crippen LogP contribution < -0.4 is 0 Å². The molecule has 2 nitrogen and oxygen atoms in total. The fourth-order valence-electron chi connectivity index (χ4n) is 0.743. The van der Waals surface area contributed by atoms with Crippen molar-refractivity contribution in [2.24, 2.45) is 0 Å². The van der Waals surface area contributed by atoms with Crippen LogP contribution in [-0.4, -0.2) is 10.2 Å². The number of hydrogen-bond donors (Lipinski definition) is 0. The molecule has 0 fully saturated rings. The van der Waals surface area contributed by atoms with Crippen molar-refractivity contribution in [3.63, 3.8) is 0 Å². The summed E-state index contributed by atoms with van der Waals surface area (Å²) in [6, 6.07) is 2.05. The van der Waals surface area contributed by atoms with E-state index in [0.29, 0.717) is 4.47 Å². The molecule has 2 aromatic rings. The van der Waals surface area contributed by atoms with Gasteiger partial charge in [-0.1, -0.05) is 11.3 Å². The van der Waals surface area contributed by atoms with E-state index in [2.05, 4.69) is 38.9 Å². The predicted molar refractivity (Wildman–Crippen MR) is 60.9 cm³/mol. The Hall–Kier alpha value is 0.280. The minimum atomic E-state index is 0.495. The van der Waals surface area contributed by atoms with E-state index in [9.17, 15) is 0 Å². The number of nitrogens with zero attached hydrogens (tertiary/aromatic N) is 2. The molecule has 0 saturated heterocycles. The Morgan fingerprint density at radius 3 is 2.75 bits per heavy atom. The van der Waals surface area contributed by atoms with Crippen LogP contribution in [0.25, 0.3) is 9.88 Å². The zero-order valence-corrected chi connectivity index (χ0v) is 10.2. The van der Waals surface area contributed by atoms with E-state index in [-0.39, 0.29) is 0 Å². The molecule has 2 rings (SSSR count). The molecular weight excluding hydrogens is 327 g/mol. The zero-order chi connectivity index (χ0) is 8.55. The smallest absolute Gasteiger partial charge is 0.140 e. The molecule has 0 aliphatic rings. The molecule has 0 atom stereocenters. The Bertz CT molecular complexity index is 398. The number of halogens is 2. The molecule has 6 heteroatoms. The van der Waals surface area contributed by atoms with E-state index in [1.165, 1.54) is 14.9 Å². The van der Waals surface area contributed by atoms with Gasteiger partial charge in [-0.05, 0) is 45.6 Å². The largest absolute Gasteiger partial charge is 0.207 e. The number of hydrogen-bond acceptors (Lipinski definition) is 4. The molecule has 0 spiro atoms. The van der Waals surface area contributed by atoms with Gasteiger partial charge in [0.2, 0.25) is 4.47 Å². The van der Waals surface area contributed by atoms with Crippen LogP contribution in [0.15, 0.2) is 11.4 Å². The first kappa shape index (κ1) is 8.86. The van der Waals surface area contributed by atoms with Crippen molar-refractivity contribution < 1.29 is 0 Å². The lowest BCUT2D eigenvalue weighted by Gasteiger charge is -1.87. The summed E-state index contributed by atoms with van der Waals surface area (Å²) < 4.78 is 1.69. The van der Waals surface area contributed by atoms with Crippen LogP contribution >= 0.6 is 56.9 Å². The second-order valence-electron chi connectivity index (χ2n) is 1.96. The molecule has 0 bridgehead atoms. The molecule has 2 heterocycles. The van der Waals surface area contributed by atoms with Gasteiger partial charge in [0.25, 0.3) is 0 Å². The van der Waals surface area contributed by atoms with Gasteiger partial charge in [-0.3, -0.25) is 0 Å². The van der Waals surface area contributed by atoms with E-state index >= 15 is 0 Å². The van der Waals surface area contributed by atoms with Crippen LogP contribution in [0, 0.1) is 3.57 Å². The number of aromatic nitrogens is 2. The molecule has 0 saturated carbocycles. The van der Waals surface area contributed by atoms with Gasteiger partial charge in [-0.2, -0.15) is 0 Å². The summed E-state index contributed by atoms with van der Waals surface area (Å²) in [7, 11) is 0. The summed E-state index contributed by atoms with van der Waals surface area (Å²) in [6.45, 7) is 0. The first-order chi connectivity index (χ1) is 5.77. The van der Waals surface area contributed by atoms with Gasteiger partial charge in [0.05, 0.1) is 4.88 Å². The molecule has 12 heavy (non-hydrogen) atoms. The average Bonchev–Trinajstić information content (AvgIpc) is 2.58. The third-order valence-corrected chi connectivity index (χ3v) is 4.56. The first-order valence-corrected chi connectivity index (χ1v) is 6.15. The monoisotopic (exact) mass is 328 g/mol. The van der Waals surface area contributed by atoms with Crippen LogP contribution in [0.3, 0.4) is 0 Å². The number of thiophene rings is 1. The maximum Gasteiger partial charge on any atom is 0.207 e. The lowest BCUT2D eigenvalue weighted by molar-refractivity contribution is 1.10. The van der Waals surface area contributed by atoms with Gasteiger partial charge in [-0.15, -0.1) is 21.5 Å². The van der Waals surface area contributed by atoms with Crippen molar-refractivity contribution in [2.45, 2.75) is 0 Å². The van der Waals surface area contributed by atoms with Gasteiger partial charge >= 0.3 is 0 Å². The van der Waals surface area contributed by atoms with E-state index in [4.69, 9.17) is 11.6 Å². The van der Waals surface area contributed by atoms with Gasteiger partial charge in [0, 0.05) is 3.57 Å². The maximum absolute atomic E-state index is 5.68. The zero-order valence-electron chi connectivity index (χ0n) is 5.62. The molecule has 0 aliphatic heterocycles. The van der Waals surface area contributed by atoms with Crippen molar-refractivity contribution in [3.8, 4) is 9.88 Å². The molecule has 0 N–H and O–H groups in total. The molecular formula is C6H2ClIN2S2. The molecule has 0 aliphatic carbocycles. The molecule has 0 amide bonds. The van der Waals surface area contributed by atoms with Gasteiger partial charge in [0.15, 0.2) is 5.01 Å². The highest BCUT2D eigenvalue weighted by molar-refractivity contribution is 14.1. The summed E-state index contributed by atoms with van der Waals surface area (Å²) in [5.74, 6) is 0. The minimum absolute atomic E-state index is 0.495. The molecule has 0 aromatic carbocycles. The standard InChI is InChI=1S/C6H2ClIN2S2/c7-6-10-9-5(12-6)4-3(8)1-2-11-4/h1-2H. The van der Waals surface area contributed by atoms with Crippen LogP contribution in [0.5, 0.6) is 0 Å². The lowest BCUT2D eigenvalue weighted by Crippen LogP contribution is -1.73. The Labute approximate surface area is 95.7 Å². The Kier molecular flexibility index (Phi) is 2.63. The van der Waals surface area contributed by atoms with Gasteiger partial charge < -0.3 is 0 Å². The van der Waals surface area contributed by atoms with Gasteiger partial charge in [-0.25, -0.2) is 0 Å². The summed E-state index contributed by atoms with van der Waals surface area (Å²) in [5, 5.41) is 10.6. The van der Waals surface area contributed by atoms with Crippen LogP contribution in [0.4, 0.5) is 0 Å². The Morgan fingerprint density at radius 1 is 1.42 bits per heavy atom. The molecule has 2 aromatic heterocycles. The minimum Gasteiger partial charge on any atom is -0.140 e. The normalized spacial score (nSPS) is 10.5. The second kappa shape index (κ2) is 3.57. The van der Waals surface area contributed by atoms with Crippen LogP contribution in [-0.2, 0) is 0 Å². The van der Waals surface area contributed by atoms with E-state index in [0.717, 1.165) is 9.88 Å². The van der Waals surface area contributed by atoms with E-state index in [1.807, 2.05) is 5.38 Å². The molecule has 62 valence electrons. The maximum atomic E-state index is 5.68. The Morgan fingerprint density at radius 2 is 2.25 bits per heavy atom. The van der Waals surface area contributed by atoms with E-state index < -0.39 is 0 Å². The summed E-state index contributed by atoms with van der Waals surface area (Å²) in [6.07, 6.45) is 0. The van der Waals surface area contributed by atoms with Crippen LogP contribution in [0.1, 0.15) is 0 Å². The highest BCUT2D eigenvalue weighted by Gasteiger charge is 2.09. The lowest BCUT2D eigenvalue weighted by atomic mass is 10.5. The topological polar surface area (TPSA) is 25.8 Å². The third-order valence-electron chi connectivity index (χ3n) is 1.21. The number of rotatable bonds is 1. The fraction of sp³-hybridized carbons (Fsp3) is 0. The molecule has 0 radical (unpaired) electrons. The molecule has 0 unspecified atom stereocenters. The van der Waals surface area contributed by atoms with Crippen molar-refractivity contribution in [1.82, 2.24) is 10.2 Å².